The number of halogens is 1. The van der Waals surface area contributed by atoms with Crippen molar-refractivity contribution in [2.24, 2.45) is 5.41 Å². The van der Waals surface area contributed by atoms with Crippen LogP contribution in [0.25, 0.3) is 0 Å². The van der Waals surface area contributed by atoms with E-state index in [2.05, 4.69) is 87.8 Å². The van der Waals surface area contributed by atoms with Crippen LogP contribution in [0.1, 0.15) is 71.9 Å². The van der Waals surface area contributed by atoms with Gasteiger partial charge in [0.15, 0.2) is 0 Å². The Morgan fingerprint density at radius 1 is 1.23 bits per heavy atom. The molecule has 1 aromatic carbocycles. The van der Waals surface area contributed by atoms with Gasteiger partial charge in [-0.3, -0.25) is 0 Å². The molecule has 0 unspecified atom stereocenters. The number of nitrogens with zero attached hydrogens (tertiary/aromatic N) is 1. The molecule has 0 spiro atoms. The molecule has 2 rings (SSSR count). The average Bonchev–Trinajstić information content (AvgIpc) is 2.67. The van der Waals surface area contributed by atoms with Gasteiger partial charge in [-0.25, -0.2) is 6.54 Å². The van der Waals surface area contributed by atoms with Crippen LogP contribution < -0.4 is 4.90 Å². The molecular formula is C19H30ClNRu. The molecule has 1 fully saturated rings. The first-order valence-electron chi connectivity index (χ1n) is 8.08. The number of hydrogen-bond donors (Lipinski definition) is 0. The quantitative estimate of drug-likeness (QED) is 0.423. The minimum atomic E-state index is 0.193. The van der Waals surface area contributed by atoms with Gasteiger partial charge in [0.25, 0.3) is 0 Å². The van der Waals surface area contributed by atoms with E-state index in [1.54, 1.807) is 0 Å². The van der Waals surface area contributed by atoms with Gasteiger partial charge in [-0.2, -0.15) is 0 Å². The van der Waals surface area contributed by atoms with Gasteiger partial charge in [0, 0.05) is 11.2 Å². The molecule has 1 aromatic rings. The molecule has 1 saturated heterocycles. The molecule has 126 valence electrons. The molecule has 0 amide bonds. The minimum absolute atomic E-state index is 0.193. The first-order chi connectivity index (χ1) is 10.2. The summed E-state index contributed by atoms with van der Waals surface area (Å²) in [5.74, 6) is 0.560. The van der Waals surface area contributed by atoms with E-state index in [9.17, 15) is 0 Å². The summed E-state index contributed by atoms with van der Waals surface area (Å²) in [4.78, 5) is 2.56. The van der Waals surface area contributed by atoms with E-state index in [0.717, 1.165) is 6.42 Å². The molecule has 1 nitrogen and oxygen atoms in total. The Kier molecular flexibility index (Phi) is 6.96. The number of benzene rings is 1. The third-order valence-corrected chi connectivity index (χ3v) is 4.41. The van der Waals surface area contributed by atoms with Crippen molar-refractivity contribution in [3.05, 3.63) is 35.9 Å². The molecule has 1 heterocycles. The Balaban J connectivity index is 0.00000116. The van der Waals surface area contributed by atoms with Gasteiger partial charge in [0.2, 0.25) is 0 Å². The second-order valence-electron chi connectivity index (χ2n) is 7.84. The van der Waals surface area contributed by atoms with Crippen LogP contribution in [-0.4, -0.2) is 5.54 Å². The van der Waals surface area contributed by atoms with E-state index in [1.807, 2.05) is 17.3 Å². The Hall–Kier alpha value is -0.0666. The molecule has 0 aliphatic carbocycles. The first kappa shape index (κ1) is 20.0. The standard InChI is InChI=1S/C19H30N.ClH.Ru/c1-8-15-10-9-11-16(14(2)3)17(15)20-13-18(4,5)12-19(20,6)7;;/h9-11,13-14H,8,12H2,1-7H3;1H;/q-1;;+2/p-1. The summed E-state index contributed by atoms with van der Waals surface area (Å²) in [6.07, 6.45) is 2.30. The van der Waals surface area contributed by atoms with E-state index in [1.165, 1.54) is 23.2 Å². The van der Waals surface area contributed by atoms with Crippen LogP contribution in [0.5, 0.6) is 0 Å². The van der Waals surface area contributed by atoms with E-state index >= 15 is 0 Å². The van der Waals surface area contributed by atoms with Crippen LogP contribution in [-0.2, 0) is 23.7 Å². The Bertz CT molecular complexity index is 494. The van der Waals surface area contributed by atoms with E-state index in [4.69, 9.17) is 0 Å². The molecule has 0 saturated carbocycles. The van der Waals surface area contributed by atoms with Crippen molar-refractivity contribution in [1.29, 1.82) is 0 Å². The Morgan fingerprint density at radius 2 is 1.82 bits per heavy atom. The summed E-state index contributed by atoms with van der Waals surface area (Å²) in [5, 5.41) is 0. The zero-order valence-electron chi connectivity index (χ0n) is 15.0. The van der Waals surface area contributed by atoms with Crippen LogP contribution in [0.3, 0.4) is 0 Å². The molecular weight excluding hydrogens is 379 g/mol. The molecule has 0 atom stereocenters. The molecule has 0 N–H and O–H groups in total. The monoisotopic (exact) mass is 409 g/mol. The summed E-state index contributed by atoms with van der Waals surface area (Å²) in [7, 11) is 4.57. The SMILES string of the molecule is CCc1cccc(C(C)C)c1N1[CH-]C(C)(C)CC1(C)C.[Cl][Ru+]. The van der Waals surface area contributed by atoms with Crippen LogP contribution in [0, 0.1) is 12.0 Å². The Morgan fingerprint density at radius 3 is 2.23 bits per heavy atom. The normalized spacial score (nSPS) is 19.1. The molecule has 0 aromatic heterocycles. The Labute approximate surface area is 151 Å². The molecule has 3 heteroatoms. The maximum absolute atomic E-state index is 4.57. The van der Waals surface area contributed by atoms with Crippen LogP contribution >= 0.6 is 9.69 Å². The van der Waals surface area contributed by atoms with Crippen LogP contribution in [0.15, 0.2) is 18.2 Å². The van der Waals surface area contributed by atoms with Crippen molar-refractivity contribution in [3.63, 3.8) is 0 Å². The van der Waals surface area contributed by atoms with Gasteiger partial charge in [-0.15, -0.1) is 5.41 Å². The number of rotatable bonds is 3. The van der Waals surface area contributed by atoms with Crippen molar-refractivity contribution < 1.29 is 17.3 Å². The second kappa shape index (κ2) is 7.67. The average molecular weight is 409 g/mol. The van der Waals surface area contributed by atoms with Crippen molar-refractivity contribution in [1.82, 2.24) is 0 Å². The van der Waals surface area contributed by atoms with Crippen molar-refractivity contribution in [3.8, 4) is 0 Å². The first-order valence-corrected chi connectivity index (χ1v) is 10.3. The zero-order chi connectivity index (χ0) is 17.1. The fraction of sp³-hybridized carbons (Fsp3) is 0.632. The van der Waals surface area contributed by atoms with E-state index < -0.39 is 0 Å². The van der Waals surface area contributed by atoms with Gasteiger partial charge < -0.3 is 4.90 Å². The summed E-state index contributed by atoms with van der Waals surface area (Å²) < 4.78 is 0. The van der Waals surface area contributed by atoms with Crippen LogP contribution in [0.4, 0.5) is 5.69 Å². The predicted molar refractivity (Wildman–Crippen MR) is 95.0 cm³/mol. The fourth-order valence-corrected chi connectivity index (χ4v) is 3.79. The topological polar surface area (TPSA) is 3.24 Å². The summed E-state index contributed by atoms with van der Waals surface area (Å²) in [5.41, 5.74) is 4.88. The van der Waals surface area contributed by atoms with Gasteiger partial charge in [0.05, 0.1) is 0 Å². The summed E-state index contributed by atoms with van der Waals surface area (Å²) in [6.45, 7) is 18.7. The number of anilines is 1. The summed E-state index contributed by atoms with van der Waals surface area (Å²) in [6, 6.07) is 6.80. The van der Waals surface area contributed by atoms with E-state index in [-0.39, 0.29) is 11.0 Å². The third-order valence-electron chi connectivity index (χ3n) is 4.41. The molecule has 0 radical (unpaired) electrons. The van der Waals surface area contributed by atoms with Gasteiger partial charge in [0.1, 0.15) is 0 Å². The van der Waals surface area contributed by atoms with Crippen molar-refractivity contribution in [2.45, 2.75) is 72.8 Å². The van der Waals surface area contributed by atoms with E-state index in [0.29, 0.717) is 5.92 Å². The van der Waals surface area contributed by atoms with Gasteiger partial charge in [-0.05, 0) is 37.3 Å². The number of aryl methyl sites for hydroxylation is 1. The molecule has 0 bridgehead atoms. The van der Waals surface area contributed by atoms with Gasteiger partial charge >= 0.3 is 27.0 Å². The number of para-hydroxylation sites is 1. The second-order valence-corrected chi connectivity index (χ2v) is 7.84. The number of hydrogen-bond acceptors (Lipinski definition) is 1. The fourth-order valence-electron chi connectivity index (χ4n) is 3.79. The van der Waals surface area contributed by atoms with Crippen LogP contribution in [0.2, 0.25) is 0 Å². The zero-order valence-corrected chi connectivity index (χ0v) is 17.5. The predicted octanol–water partition coefficient (Wildman–Crippen LogP) is 6.24. The molecule has 1 aliphatic rings. The van der Waals surface area contributed by atoms with Crippen molar-refractivity contribution >= 4 is 15.4 Å². The maximum atomic E-state index is 4.57. The third kappa shape index (κ3) is 4.26. The van der Waals surface area contributed by atoms with Crippen molar-refractivity contribution in [2.75, 3.05) is 4.90 Å². The van der Waals surface area contributed by atoms with Gasteiger partial charge in [-0.1, -0.05) is 59.2 Å². The molecule has 1 aliphatic heterocycles. The molecule has 22 heavy (non-hydrogen) atoms. The summed E-state index contributed by atoms with van der Waals surface area (Å²) >= 11 is 1.82.